The van der Waals surface area contributed by atoms with Crippen molar-refractivity contribution < 1.29 is 37.3 Å². The number of carboxylic acid groups (broad SMARTS) is 1. The van der Waals surface area contributed by atoms with Gasteiger partial charge in [0.15, 0.2) is 0 Å². The quantitative estimate of drug-likeness (QED) is 0.515. The third kappa shape index (κ3) is 7.52. The van der Waals surface area contributed by atoms with Crippen molar-refractivity contribution in [1.29, 1.82) is 0 Å². The Morgan fingerprint density at radius 1 is 1.33 bits per heavy atom. The summed E-state index contributed by atoms with van der Waals surface area (Å²) in [4.78, 5) is 32.1. The molecule has 1 amide bonds. The molecule has 2 N–H and O–H groups in total. The predicted octanol–water partition coefficient (Wildman–Crippen LogP) is 3.42. The van der Waals surface area contributed by atoms with Gasteiger partial charge in [0.05, 0.1) is 31.0 Å². The molecular formula is C22H29F3N6O5. The normalized spacial score (nSPS) is 18.9. The third-order valence-corrected chi connectivity index (χ3v) is 5.82. The van der Waals surface area contributed by atoms with Crippen LogP contribution in [0.3, 0.4) is 0 Å². The van der Waals surface area contributed by atoms with Gasteiger partial charge in [0.25, 0.3) is 0 Å². The highest BCUT2D eigenvalue weighted by Gasteiger charge is 2.31. The monoisotopic (exact) mass is 514 g/mol. The van der Waals surface area contributed by atoms with Gasteiger partial charge in [-0.25, -0.2) is 19.4 Å². The third-order valence-electron chi connectivity index (χ3n) is 5.82. The van der Waals surface area contributed by atoms with Crippen molar-refractivity contribution in [2.24, 2.45) is 18.9 Å². The van der Waals surface area contributed by atoms with Gasteiger partial charge < -0.3 is 19.9 Å². The lowest BCUT2D eigenvalue weighted by Crippen LogP contribution is -2.30. The number of amides is 1. The highest BCUT2D eigenvalue weighted by atomic mass is 19.4. The minimum absolute atomic E-state index is 0.0526. The van der Waals surface area contributed by atoms with Gasteiger partial charge in [-0.3, -0.25) is 4.79 Å². The molecule has 0 saturated heterocycles. The molecule has 3 rings (SSSR count). The molecule has 1 aliphatic carbocycles. The minimum Gasteiger partial charge on any atom is -0.481 e. The fourth-order valence-corrected chi connectivity index (χ4v) is 3.99. The van der Waals surface area contributed by atoms with E-state index in [4.69, 9.17) is 9.47 Å². The van der Waals surface area contributed by atoms with Gasteiger partial charge in [0.1, 0.15) is 23.2 Å². The van der Waals surface area contributed by atoms with Gasteiger partial charge in [0.2, 0.25) is 5.88 Å². The van der Waals surface area contributed by atoms with E-state index in [0.29, 0.717) is 41.5 Å². The van der Waals surface area contributed by atoms with E-state index in [0.717, 1.165) is 12.8 Å². The summed E-state index contributed by atoms with van der Waals surface area (Å²) < 4.78 is 49.5. The van der Waals surface area contributed by atoms with Crippen LogP contribution in [0.1, 0.15) is 50.4 Å². The van der Waals surface area contributed by atoms with Crippen LogP contribution in [0.4, 0.5) is 18.0 Å². The topological polar surface area (TPSA) is 141 Å². The molecular weight excluding hydrogens is 485 g/mol. The first kappa shape index (κ1) is 27.1. The van der Waals surface area contributed by atoms with Crippen molar-refractivity contribution in [3.63, 3.8) is 0 Å². The number of hydrogen-bond acceptors (Lipinski definition) is 8. The Morgan fingerprint density at radius 3 is 2.75 bits per heavy atom. The number of carbonyl (C=O) groups excluding carboxylic acids is 1. The first-order chi connectivity index (χ1) is 16.9. The number of ether oxygens (including phenoxy) is 2. The highest BCUT2D eigenvalue weighted by Crippen LogP contribution is 2.29. The second-order valence-corrected chi connectivity index (χ2v) is 8.97. The molecule has 14 heteroatoms. The lowest BCUT2D eigenvalue weighted by Gasteiger charge is -2.27. The van der Waals surface area contributed by atoms with E-state index in [-0.39, 0.29) is 19.3 Å². The number of halogens is 3. The van der Waals surface area contributed by atoms with Crippen molar-refractivity contribution in [3.05, 3.63) is 17.6 Å². The summed E-state index contributed by atoms with van der Waals surface area (Å²) >= 11 is 0. The number of nitrogens with zero attached hydrogens (tertiary/aromatic N) is 5. The standard InChI is InChI=1S/C22H29F3N6O5/c1-12(8-22(23,24)25)11-35-21(34)27-10-17-18(29-30-31(17)3)16-9-26-19(13(2)28-16)36-15-6-4-5-14(7-15)20(32)33/h9,12,14-15H,4-8,10-11H2,1-3H3,(H,27,34)(H,32,33)/t12?,14-,15-/m0/s1. The largest absolute Gasteiger partial charge is 0.481 e. The summed E-state index contributed by atoms with van der Waals surface area (Å²) in [6.45, 7) is 2.62. The Bertz CT molecular complexity index is 1080. The molecule has 11 nitrogen and oxygen atoms in total. The van der Waals surface area contributed by atoms with E-state index in [1.807, 2.05) is 0 Å². The van der Waals surface area contributed by atoms with Crippen LogP contribution in [0.5, 0.6) is 5.88 Å². The van der Waals surface area contributed by atoms with Crippen LogP contribution in [-0.2, 0) is 23.1 Å². The summed E-state index contributed by atoms with van der Waals surface area (Å²) in [6.07, 6.45) is -2.53. The molecule has 198 valence electrons. The van der Waals surface area contributed by atoms with Crippen LogP contribution in [0, 0.1) is 18.8 Å². The number of carboxylic acids is 1. The molecule has 0 aromatic carbocycles. The lowest BCUT2D eigenvalue weighted by atomic mass is 9.87. The number of hydrogen-bond donors (Lipinski definition) is 2. The molecule has 0 bridgehead atoms. The zero-order chi connectivity index (χ0) is 26.5. The summed E-state index contributed by atoms with van der Waals surface area (Å²) in [6, 6.07) is 0. The lowest BCUT2D eigenvalue weighted by molar-refractivity contribution is -0.146. The molecule has 1 unspecified atom stereocenters. The average molecular weight is 515 g/mol. The number of alkyl carbamates (subject to hydrolysis) is 1. The minimum atomic E-state index is -4.33. The molecule has 0 radical (unpaired) electrons. The molecule has 2 heterocycles. The first-order valence-corrected chi connectivity index (χ1v) is 11.5. The summed E-state index contributed by atoms with van der Waals surface area (Å²) in [5, 5.41) is 19.8. The van der Waals surface area contributed by atoms with E-state index in [2.05, 4.69) is 25.6 Å². The zero-order valence-corrected chi connectivity index (χ0v) is 20.2. The first-order valence-electron chi connectivity index (χ1n) is 11.5. The van der Waals surface area contributed by atoms with E-state index in [9.17, 15) is 27.9 Å². The smallest absolute Gasteiger partial charge is 0.407 e. The van der Waals surface area contributed by atoms with Crippen LogP contribution in [0.15, 0.2) is 6.20 Å². The van der Waals surface area contributed by atoms with E-state index in [1.165, 1.54) is 17.8 Å². The van der Waals surface area contributed by atoms with Crippen LogP contribution >= 0.6 is 0 Å². The zero-order valence-electron chi connectivity index (χ0n) is 20.2. The summed E-state index contributed by atoms with van der Waals surface area (Å²) in [5.41, 5.74) is 1.69. The molecule has 2 aromatic rings. The molecule has 3 atom stereocenters. The Balaban J connectivity index is 1.61. The fourth-order valence-electron chi connectivity index (χ4n) is 3.99. The predicted molar refractivity (Wildman–Crippen MR) is 119 cm³/mol. The fraction of sp³-hybridized carbons (Fsp3) is 0.636. The van der Waals surface area contributed by atoms with E-state index in [1.54, 1.807) is 14.0 Å². The number of carbonyl (C=O) groups is 2. The Labute approximate surface area is 205 Å². The van der Waals surface area contributed by atoms with Crippen molar-refractivity contribution in [2.45, 2.75) is 64.8 Å². The number of alkyl halides is 3. The molecule has 36 heavy (non-hydrogen) atoms. The Hall–Kier alpha value is -3.45. The van der Waals surface area contributed by atoms with Crippen molar-refractivity contribution >= 4 is 12.1 Å². The number of rotatable bonds is 9. The maximum atomic E-state index is 12.4. The Kier molecular flexibility index (Phi) is 8.69. The van der Waals surface area contributed by atoms with Gasteiger partial charge in [-0.1, -0.05) is 12.1 Å². The summed E-state index contributed by atoms with van der Waals surface area (Å²) in [7, 11) is 1.62. The number of aryl methyl sites for hydroxylation is 2. The molecule has 1 aliphatic rings. The van der Waals surface area contributed by atoms with Gasteiger partial charge in [-0.05, 0) is 38.5 Å². The maximum Gasteiger partial charge on any atom is 0.407 e. The van der Waals surface area contributed by atoms with Crippen LogP contribution in [-0.4, -0.2) is 61.0 Å². The summed E-state index contributed by atoms with van der Waals surface area (Å²) in [5.74, 6) is -1.84. The van der Waals surface area contributed by atoms with Gasteiger partial charge in [0, 0.05) is 13.5 Å². The average Bonchev–Trinajstić information content (AvgIpc) is 3.17. The van der Waals surface area contributed by atoms with Crippen molar-refractivity contribution in [2.75, 3.05) is 6.61 Å². The number of aromatic nitrogens is 5. The second-order valence-electron chi connectivity index (χ2n) is 8.97. The molecule has 2 aromatic heterocycles. The van der Waals surface area contributed by atoms with Gasteiger partial charge in [-0.2, -0.15) is 13.2 Å². The van der Waals surface area contributed by atoms with Gasteiger partial charge in [-0.15, -0.1) is 5.10 Å². The van der Waals surface area contributed by atoms with E-state index >= 15 is 0 Å². The maximum absolute atomic E-state index is 12.4. The molecule has 1 fully saturated rings. The number of nitrogens with one attached hydrogen (secondary N) is 1. The van der Waals surface area contributed by atoms with Crippen molar-refractivity contribution in [1.82, 2.24) is 30.3 Å². The van der Waals surface area contributed by atoms with Crippen LogP contribution < -0.4 is 10.1 Å². The molecule has 0 spiro atoms. The number of aliphatic carboxylic acids is 1. The van der Waals surface area contributed by atoms with Crippen molar-refractivity contribution in [3.8, 4) is 17.3 Å². The van der Waals surface area contributed by atoms with Crippen LogP contribution in [0.2, 0.25) is 0 Å². The molecule has 0 aliphatic heterocycles. The van der Waals surface area contributed by atoms with Crippen LogP contribution in [0.25, 0.3) is 11.4 Å². The Morgan fingerprint density at radius 2 is 2.08 bits per heavy atom. The van der Waals surface area contributed by atoms with E-state index < -0.39 is 36.5 Å². The highest BCUT2D eigenvalue weighted by molar-refractivity contribution is 5.70. The molecule has 1 saturated carbocycles. The van der Waals surface area contributed by atoms with Gasteiger partial charge >= 0.3 is 18.2 Å². The SMILES string of the molecule is Cc1nc(-c2nnn(C)c2CNC(=O)OCC(C)CC(F)(F)F)cnc1O[C@H]1CCC[C@H](C(=O)O)C1. The second kappa shape index (κ2) is 11.5.